The topological polar surface area (TPSA) is 65.2 Å². The van der Waals surface area contributed by atoms with Crippen LogP contribution in [0.4, 0.5) is 0 Å². The van der Waals surface area contributed by atoms with E-state index in [4.69, 9.17) is 9.26 Å². The van der Waals surface area contributed by atoms with Gasteiger partial charge in [-0.05, 0) is 36.4 Å². The fraction of sp³-hybridized carbons (Fsp3) is 0.118. The Morgan fingerprint density at radius 3 is 2.67 bits per heavy atom. The highest BCUT2D eigenvalue weighted by atomic mass is 79.9. The average molecular weight is 405 g/mol. The summed E-state index contributed by atoms with van der Waals surface area (Å²) in [5.74, 6) is 1.73. The minimum absolute atomic E-state index is 0.398. The van der Waals surface area contributed by atoms with Gasteiger partial charge in [-0.3, -0.25) is 0 Å². The Kier molecular flexibility index (Phi) is 5.32. The first-order valence-corrected chi connectivity index (χ1v) is 8.88. The molecule has 1 heterocycles. The third-order valence-electron chi connectivity index (χ3n) is 3.06. The number of halogens is 1. The minimum atomic E-state index is -0.398. The molecular weight excluding hydrogens is 392 g/mol. The predicted molar refractivity (Wildman–Crippen MR) is 94.1 cm³/mol. The van der Waals surface area contributed by atoms with Gasteiger partial charge >= 0.3 is 5.97 Å². The maximum absolute atomic E-state index is 12.4. The Morgan fingerprint density at radius 2 is 1.96 bits per heavy atom. The van der Waals surface area contributed by atoms with Crippen molar-refractivity contribution in [3.63, 3.8) is 0 Å². The highest BCUT2D eigenvalue weighted by Gasteiger charge is 2.15. The molecule has 24 heavy (non-hydrogen) atoms. The predicted octanol–water partition coefficient (Wildman–Crippen LogP) is 4.65. The number of carbonyl (C=O) groups excluding carboxylic acids is 1. The zero-order chi connectivity index (χ0) is 16.9. The highest BCUT2D eigenvalue weighted by Crippen LogP contribution is 2.27. The van der Waals surface area contributed by atoms with E-state index >= 15 is 0 Å². The van der Waals surface area contributed by atoms with E-state index in [9.17, 15) is 4.79 Å². The first-order valence-electron chi connectivity index (χ1n) is 7.10. The van der Waals surface area contributed by atoms with Crippen molar-refractivity contribution < 1.29 is 14.1 Å². The number of aryl methyl sites for hydroxylation is 1. The van der Waals surface area contributed by atoms with Crippen LogP contribution in [-0.4, -0.2) is 16.1 Å². The third-order valence-corrected chi connectivity index (χ3v) is 4.66. The number of carbonyl (C=O) groups is 1. The number of thioether (sulfide) groups is 1. The number of benzene rings is 2. The van der Waals surface area contributed by atoms with Crippen LogP contribution in [0.15, 0.2) is 62.4 Å². The van der Waals surface area contributed by atoms with Gasteiger partial charge in [0.1, 0.15) is 5.75 Å². The highest BCUT2D eigenvalue weighted by molar-refractivity contribution is 9.10. The van der Waals surface area contributed by atoms with Crippen LogP contribution in [-0.2, 0) is 5.75 Å². The lowest BCUT2D eigenvalue weighted by Gasteiger charge is -2.08. The van der Waals surface area contributed by atoms with Gasteiger partial charge in [0.2, 0.25) is 5.89 Å². The minimum Gasteiger partial charge on any atom is -0.423 e. The van der Waals surface area contributed by atoms with E-state index in [2.05, 4.69) is 26.1 Å². The number of ether oxygens (including phenoxy) is 1. The SMILES string of the molecule is Cc1nc(CSc2ccccc2C(=O)Oc2ccc(Br)cc2)no1. The molecule has 0 spiro atoms. The van der Waals surface area contributed by atoms with Crippen molar-refractivity contribution in [1.29, 1.82) is 0 Å². The average Bonchev–Trinajstić information content (AvgIpc) is 3.01. The van der Waals surface area contributed by atoms with E-state index in [0.717, 1.165) is 9.37 Å². The smallest absolute Gasteiger partial charge is 0.344 e. The zero-order valence-electron chi connectivity index (χ0n) is 12.7. The maximum Gasteiger partial charge on any atom is 0.344 e. The second kappa shape index (κ2) is 7.63. The molecule has 0 aliphatic carbocycles. The molecule has 122 valence electrons. The summed E-state index contributed by atoms with van der Waals surface area (Å²) in [6.07, 6.45) is 0. The van der Waals surface area contributed by atoms with Crippen molar-refractivity contribution in [2.75, 3.05) is 0 Å². The summed E-state index contributed by atoms with van der Waals surface area (Å²) in [6, 6.07) is 14.4. The van der Waals surface area contributed by atoms with Gasteiger partial charge in [-0.2, -0.15) is 4.98 Å². The van der Waals surface area contributed by atoms with Crippen LogP contribution in [0.3, 0.4) is 0 Å². The molecule has 2 aromatic carbocycles. The molecule has 3 aromatic rings. The fourth-order valence-corrected chi connectivity index (χ4v) is 3.12. The molecule has 0 N–H and O–H groups in total. The summed E-state index contributed by atoms with van der Waals surface area (Å²) >= 11 is 4.81. The molecule has 0 saturated heterocycles. The molecule has 7 heteroatoms. The van der Waals surface area contributed by atoms with E-state index in [-0.39, 0.29) is 0 Å². The van der Waals surface area contributed by atoms with Crippen LogP contribution in [0.25, 0.3) is 0 Å². The summed E-state index contributed by atoms with van der Waals surface area (Å²) in [7, 11) is 0. The molecule has 0 saturated carbocycles. The fourth-order valence-electron chi connectivity index (χ4n) is 1.97. The Labute approximate surface area is 151 Å². The van der Waals surface area contributed by atoms with Crippen molar-refractivity contribution in [1.82, 2.24) is 10.1 Å². The van der Waals surface area contributed by atoms with Gasteiger partial charge in [-0.1, -0.05) is 33.2 Å². The van der Waals surface area contributed by atoms with Gasteiger partial charge in [0.05, 0.1) is 11.3 Å². The molecule has 0 bridgehead atoms. The summed E-state index contributed by atoms with van der Waals surface area (Å²) in [5.41, 5.74) is 0.505. The monoisotopic (exact) mass is 404 g/mol. The molecule has 0 aliphatic heterocycles. The molecule has 1 aromatic heterocycles. The largest absolute Gasteiger partial charge is 0.423 e. The van der Waals surface area contributed by atoms with Crippen LogP contribution < -0.4 is 4.74 Å². The van der Waals surface area contributed by atoms with Crippen LogP contribution in [0.1, 0.15) is 22.1 Å². The summed E-state index contributed by atoms with van der Waals surface area (Å²) in [5, 5.41) is 3.85. The number of hydrogen-bond acceptors (Lipinski definition) is 6. The molecule has 0 unspecified atom stereocenters. The molecular formula is C17H13BrN2O3S. The Balaban J connectivity index is 1.72. The van der Waals surface area contributed by atoms with Crippen molar-refractivity contribution in [2.45, 2.75) is 17.6 Å². The standard InChI is InChI=1S/C17H13BrN2O3S/c1-11-19-16(20-23-11)10-24-15-5-3-2-4-14(15)17(21)22-13-8-6-12(18)7-9-13/h2-9H,10H2,1H3. The zero-order valence-corrected chi connectivity index (χ0v) is 15.1. The number of nitrogens with zero attached hydrogens (tertiary/aromatic N) is 2. The van der Waals surface area contributed by atoms with Crippen LogP contribution in [0.5, 0.6) is 5.75 Å². The third kappa shape index (κ3) is 4.24. The molecule has 3 rings (SSSR count). The van der Waals surface area contributed by atoms with Gasteiger partial charge in [0, 0.05) is 16.3 Å². The van der Waals surface area contributed by atoms with Crippen molar-refractivity contribution in [3.05, 3.63) is 70.3 Å². The number of rotatable bonds is 5. The van der Waals surface area contributed by atoms with Gasteiger partial charge in [-0.25, -0.2) is 4.79 Å². The van der Waals surface area contributed by atoms with E-state index < -0.39 is 5.97 Å². The number of aromatic nitrogens is 2. The van der Waals surface area contributed by atoms with Crippen LogP contribution >= 0.6 is 27.7 Å². The summed E-state index contributed by atoms with van der Waals surface area (Å²) < 4.78 is 11.3. The number of esters is 1. The lowest BCUT2D eigenvalue weighted by Crippen LogP contribution is -2.09. The van der Waals surface area contributed by atoms with E-state index in [1.807, 2.05) is 24.3 Å². The van der Waals surface area contributed by atoms with Crippen molar-refractivity contribution in [3.8, 4) is 5.75 Å². The molecule has 0 aliphatic rings. The second-order valence-electron chi connectivity index (χ2n) is 4.86. The number of hydrogen-bond donors (Lipinski definition) is 0. The quantitative estimate of drug-likeness (QED) is 0.350. The second-order valence-corrected chi connectivity index (χ2v) is 6.79. The van der Waals surface area contributed by atoms with E-state index in [1.54, 1.807) is 31.2 Å². The molecule has 0 atom stereocenters. The molecule has 0 fully saturated rings. The van der Waals surface area contributed by atoms with Crippen LogP contribution in [0.2, 0.25) is 0 Å². The van der Waals surface area contributed by atoms with Gasteiger partial charge < -0.3 is 9.26 Å². The van der Waals surface area contributed by atoms with Crippen LogP contribution in [0, 0.1) is 6.92 Å². The van der Waals surface area contributed by atoms with Gasteiger partial charge in [0.15, 0.2) is 5.82 Å². The van der Waals surface area contributed by atoms with E-state index in [0.29, 0.717) is 28.8 Å². The van der Waals surface area contributed by atoms with Crippen molar-refractivity contribution >= 4 is 33.7 Å². The summed E-state index contributed by atoms with van der Waals surface area (Å²) in [6.45, 7) is 1.74. The van der Waals surface area contributed by atoms with Crippen molar-refractivity contribution in [2.24, 2.45) is 0 Å². The Hall–Kier alpha value is -2.12. The normalized spacial score (nSPS) is 10.6. The Morgan fingerprint density at radius 1 is 1.21 bits per heavy atom. The van der Waals surface area contributed by atoms with E-state index in [1.165, 1.54) is 11.8 Å². The first-order chi connectivity index (χ1) is 11.6. The molecule has 5 nitrogen and oxygen atoms in total. The van der Waals surface area contributed by atoms with Gasteiger partial charge in [0.25, 0.3) is 0 Å². The summed E-state index contributed by atoms with van der Waals surface area (Å²) in [4.78, 5) is 17.4. The van der Waals surface area contributed by atoms with Gasteiger partial charge in [-0.15, -0.1) is 11.8 Å². The molecule has 0 radical (unpaired) electrons. The lowest BCUT2D eigenvalue weighted by molar-refractivity contribution is 0.0731. The molecule has 0 amide bonds. The Bertz CT molecular complexity index is 849. The lowest BCUT2D eigenvalue weighted by atomic mass is 10.2. The first kappa shape index (κ1) is 16.7. The maximum atomic E-state index is 12.4.